The van der Waals surface area contributed by atoms with Crippen molar-refractivity contribution in [1.82, 2.24) is 4.90 Å². The number of carbonyl (C=O) groups is 1. The van der Waals surface area contributed by atoms with E-state index in [0.29, 0.717) is 24.3 Å². The highest BCUT2D eigenvalue weighted by Gasteiger charge is 2.42. The summed E-state index contributed by atoms with van der Waals surface area (Å²) in [5.41, 5.74) is 0.889. The smallest absolute Gasteiger partial charge is 0.416 e. The van der Waals surface area contributed by atoms with Gasteiger partial charge in [0.25, 0.3) is 0 Å². The van der Waals surface area contributed by atoms with Crippen LogP contribution in [-0.4, -0.2) is 35.6 Å². The number of likely N-dealkylation sites (tertiary alicyclic amines) is 1. The van der Waals surface area contributed by atoms with Crippen LogP contribution in [-0.2, 0) is 11.0 Å². The third-order valence-corrected chi connectivity index (χ3v) is 7.25. The molecule has 0 spiro atoms. The number of hydrogen-bond acceptors (Lipinski definition) is 2. The van der Waals surface area contributed by atoms with Gasteiger partial charge >= 0.3 is 12.1 Å². The number of benzene rings is 2. The summed E-state index contributed by atoms with van der Waals surface area (Å²) >= 11 is 0. The number of aliphatic carboxylic acids is 1. The molecule has 2 aromatic rings. The van der Waals surface area contributed by atoms with E-state index in [1.54, 1.807) is 6.07 Å². The van der Waals surface area contributed by atoms with Gasteiger partial charge in [0.15, 0.2) is 0 Å². The molecule has 0 aromatic heterocycles. The molecule has 1 aliphatic heterocycles. The van der Waals surface area contributed by atoms with Crippen molar-refractivity contribution >= 4 is 5.97 Å². The molecule has 0 radical (unpaired) electrons. The summed E-state index contributed by atoms with van der Waals surface area (Å²) in [6, 6.07) is 12.5. The van der Waals surface area contributed by atoms with Crippen molar-refractivity contribution in [3.63, 3.8) is 0 Å². The molecule has 1 heterocycles. The van der Waals surface area contributed by atoms with E-state index in [4.69, 9.17) is 0 Å². The molecular formula is C30H40F3NO2. The lowest BCUT2D eigenvalue weighted by Gasteiger charge is -2.34. The van der Waals surface area contributed by atoms with Gasteiger partial charge in [-0.05, 0) is 97.8 Å². The Kier molecular flexibility index (Phi) is 9.62. The average Bonchev–Trinajstić information content (AvgIpc) is 2.81. The number of carboxylic acid groups (broad SMARTS) is 1. The van der Waals surface area contributed by atoms with Gasteiger partial charge in [-0.15, -0.1) is 0 Å². The van der Waals surface area contributed by atoms with Gasteiger partial charge in [0.1, 0.15) is 0 Å². The van der Waals surface area contributed by atoms with Gasteiger partial charge in [-0.1, -0.05) is 64.1 Å². The van der Waals surface area contributed by atoms with Crippen molar-refractivity contribution in [2.45, 2.75) is 77.8 Å². The summed E-state index contributed by atoms with van der Waals surface area (Å²) in [7, 11) is 0. The maximum Gasteiger partial charge on any atom is 0.416 e. The minimum Gasteiger partial charge on any atom is -0.481 e. The van der Waals surface area contributed by atoms with Crippen LogP contribution in [0.3, 0.4) is 0 Å². The SMILES string of the molecule is CC(C)CCCN1CCC(c2cc(-c3ccccc3)cc(C(CC(C)C)C(=O)O)c2C(F)(F)F)CC1. The van der Waals surface area contributed by atoms with Crippen molar-refractivity contribution < 1.29 is 23.1 Å². The van der Waals surface area contributed by atoms with Crippen molar-refractivity contribution in [2.24, 2.45) is 11.8 Å². The van der Waals surface area contributed by atoms with Gasteiger partial charge in [0.05, 0.1) is 11.5 Å². The lowest BCUT2D eigenvalue weighted by atomic mass is 9.78. The first kappa shape index (κ1) is 28.2. The molecule has 1 saturated heterocycles. The lowest BCUT2D eigenvalue weighted by molar-refractivity contribution is -0.142. The monoisotopic (exact) mass is 503 g/mol. The molecule has 0 amide bonds. The van der Waals surface area contributed by atoms with E-state index in [2.05, 4.69) is 18.7 Å². The Morgan fingerprint density at radius 3 is 2.17 bits per heavy atom. The Hall–Kier alpha value is -2.34. The summed E-state index contributed by atoms with van der Waals surface area (Å²) in [4.78, 5) is 14.6. The Balaban J connectivity index is 2.06. The normalized spacial score (nSPS) is 16.6. The molecule has 1 fully saturated rings. The molecule has 1 atom stereocenters. The van der Waals surface area contributed by atoms with Crippen molar-refractivity contribution in [3.8, 4) is 11.1 Å². The van der Waals surface area contributed by atoms with Crippen LogP contribution in [0.25, 0.3) is 11.1 Å². The highest BCUT2D eigenvalue weighted by molar-refractivity contribution is 5.79. The molecule has 1 unspecified atom stereocenters. The van der Waals surface area contributed by atoms with Crippen LogP contribution < -0.4 is 0 Å². The van der Waals surface area contributed by atoms with Crippen molar-refractivity contribution in [3.05, 3.63) is 59.2 Å². The molecule has 6 heteroatoms. The highest BCUT2D eigenvalue weighted by Crippen LogP contribution is 2.46. The van der Waals surface area contributed by atoms with E-state index >= 15 is 0 Å². The lowest BCUT2D eigenvalue weighted by Crippen LogP contribution is -2.34. The van der Waals surface area contributed by atoms with Crippen LogP contribution in [0.5, 0.6) is 0 Å². The molecule has 0 bridgehead atoms. The molecule has 2 aromatic carbocycles. The predicted octanol–water partition coefficient (Wildman–Crippen LogP) is 8.20. The second kappa shape index (κ2) is 12.3. The van der Waals surface area contributed by atoms with E-state index in [0.717, 1.165) is 38.0 Å². The maximum absolute atomic E-state index is 14.7. The Morgan fingerprint density at radius 1 is 1.00 bits per heavy atom. The number of nitrogens with zero attached hydrogens (tertiary/aromatic N) is 1. The van der Waals surface area contributed by atoms with Gasteiger partial charge in [-0.2, -0.15) is 13.2 Å². The number of alkyl halides is 3. The van der Waals surface area contributed by atoms with Crippen LogP contribution >= 0.6 is 0 Å². The fourth-order valence-corrected chi connectivity index (χ4v) is 5.43. The Morgan fingerprint density at radius 2 is 1.64 bits per heavy atom. The zero-order valence-corrected chi connectivity index (χ0v) is 21.9. The van der Waals surface area contributed by atoms with Crippen LogP contribution in [0.4, 0.5) is 13.2 Å². The van der Waals surface area contributed by atoms with Gasteiger partial charge in [-0.25, -0.2) is 0 Å². The van der Waals surface area contributed by atoms with Crippen LogP contribution in [0.2, 0.25) is 0 Å². The maximum atomic E-state index is 14.7. The second-order valence-electron chi connectivity index (χ2n) is 11.1. The summed E-state index contributed by atoms with van der Waals surface area (Å²) in [6.07, 6.45) is -0.940. The summed E-state index contributed by atoms with van der Waals surface area (Å²) in [5, 5.41) is 10.0. The van der Waals surface area contributed by atoms with E-state index < -0.39 is 23.6 Å². The van der Waals surface area contributed by atoms with Crippen LogP contribution in [0.1, 0.15) is 88.3 Å². The van der Waals surface area contributed by atoms with Gasteiger partial charge in [0, 0.05) is 0 Å². The molecule has 198 valence electrons. The summed E-state index contributed by atoms with van der Waals surface area (Å²) in [6.45, 7) is 10.6. The summed E-state index contributed by atoms with van der Waals surface area (Å²) in [5.74, 6) is -2.07. The fourth-order valence-electron chi connectivity index (χ4n) is 5.43. The highest BCUT2D eigenvalue weighted by atomic mass is 19.4. The van der Waals surface area contributed by atoms with Gasteiger partial charge in [0.2, 0.25) is 0 Å². The minimum absolute atomic E-state index is 0.0508. The van der Waals surface area contributed by atoms with E-state index in [9.17, 15) is 23.1 Å². The first-order valence-corrected chi connectivity index (χ1v) is 13.2. The standard InChI is InChI=1S/C30H40F3NO2/c1-20(2)9-8-14-34-15-12-23(13-16-34)25-18-24(22-10-6-5-7-11-22)19-26(28(25)30(31,32)33)27(29(35)36)17-21(3)4/h5-7,10-11,18-21,23,27H,8-9,12-17H2,1-4H3,(H,35,36). The first-order valence-electron chi connectivity index (χ1n) is 13.2. The Labute approximate surface area is 213 Å². The summed E-state index contributed by atoms with van der Waals surface area (Å²) < 4.78 is 44.0. The molecular weight excluding hydrogens is 463 g/mol. The molecule has 0 aliphatic carbocycles. The first-order chi connectivity index (χ1) is 17.0. The number of rotatable bonds is 10. The van der Waals surface area contributed by atoms with Crippen LogP contribution in [0, 0.1) is 11.8 Å². The van der Waals surface area contributed by atoms with E-state index in [1.165, 1.54) is 6.07 Å². The minimum atomic E-state index is -4.63. The van der Waals surface area contributed by atoms with E-state index in [-0.39, 0.29) is 29.4 Å². The Bertz CT molecular complexity index is 993. The second-order valence-corrected chi connectivity index (χ2v) is 11.1. The molecule has 1 N–H and O–H groups in total. The van der Waals surface area contributed by atoms with Crippen LogP contribution in [0.15, 0.2) is 42.5 Å². The fraction of sp³-hybridized carbons (Fsp3) is 0.567. The van der Waals surface area contributed by atoms with Crippen molar-refractivity contribution in [2.75, 3.05) is 19.6 Å². The van der Waals surface area contributed by atoms with E-state index in [1.807, 2.05) is 44.2 Å². The number of carboxylic acids is 1. The molecule has 3 rings (SSSR count). The predicted molar refractivity (Wildman–Crippen MR) is 139 cm³/mol. The molecule has 0 saturated carbocycles. The zero-order valence-electron chi connectivity index (χ0n) is 21.9. The molecule has 36 heavy (non-hydrogen) atoms. The van der Waals surface area contributed by atoms with Gasteiger partial charge < -0.3 is 10.0 Å². The zero-order chi connectivity index (χ0) is 26.5. The quantitative estimate of drug-likeness (QED) is 0.355. The van der Waals surface area contributed by atoms with Gasteiger partial charge in [-0.3, -0.25) is 4.79 Å². The number of halogens is 3. The number of piperidine rings is 1. The topological polar surface area (TPSA) is 40.5 Å². The average molecular weight is 504 g/mol. The third-order valence-electron chi connectivity index (χ3n) is 7.25. The third kappa shape index (κ3) is 7.34. The molecule has 3 nitrogen and oxygen atoms in total. The largest absolute Gasteiger partial charge is 0.481 e. The van der Waals surface area contributed by atoms with Crippen molar-refractivity contribution in [1.29, 1.82) is 0 Å². The molecule has 1 aliphatic rings. The number of hydrogen-bond donors (Lipinski definition) is 1.